The van der Waals surface area contributed by atoms with Crippen molar-refractivity contribution in [3.05, 3.63) is 89.4 Å². The second kappa shape index (κ2) is 12.8. The molecule has 4 N–H and O–H groups in total. The summed E-state index contributed by atoms with van der Waals surface area (Å²) in [4.78, 5) is 25.4. The standard InChI is InChI=1S/C27H30ClN3O5S/c1-3-18(2)25(27(33)30-34)29-26(32)24(17-19-7-5-4-6-8-19)31-37(35,36)23-15-11-21(12-16-23)20-9-13-22(28)14-10-20/h4-16,18,24-25,31,34H,3,17H2,1-2H3,(H,29,32)(H,30,33)/t18-,24+,25+/m0/s1. The highest BCUT2D eigenvalue weighted by Gasteiger charge is 2.31. The second-order valence-corrected chi connectivity index (χ2v) is 10.9. The van der Waals surface area contributed by atoms with Crippen molar-refractivity contribution in [2.45, 2.75) is 43.7 Å². The van der Waals surface area contributed by atoms with E-state index < -0.39 is 33.9 Å². The number of halogens is 1. The van der Waals surface area contributed by atoms with Crippen LogP contribution in [0.2, 0.25) is 5.02 Å². The number of carbonyl (C=O) groups excluding carboxylic acids is 2. The summed E-state index contributed by atoms with van der Waals surface area (Å²) in [5.41, 5.74) is 3.98. The summed E-state index contributed by atoms with van der Waals surface area (Å²) in [6.07, 6.45) is 0.607. The van der Waals surface area contributed by atoms with E-state index in [2.05, 4.69) is 10.0 Å². The molecule has 3 atom stereocenters. The Labute approximate surface area is 222 Å². The summed E-state index contributed by atoms with van der Waals surface area (Å²) in [5.74, 6) is -1.76. The number of rotatable bonds is 11. The average Bonchev–Trinajstić information content (AvgIpc) is 2.91. The van der Waals surface area contributed by atoms with Gasteiger partial charge in [0.05, 0.1) is 4.90 Å². The molecule has 0 bridgehead atoms. The molecule has 0 radical (unpaired) electrons. The lowest BCUT2D eigenvalue weighted by molar-refractivity contribution is -0.136. The summed E-state index contributed by atoms with van der Waals surface area (Å²) in [7, 11) is -4.10. The number of amides is 2. The van der Waals surface area contributed by atoms with E-state index in [1.54, 1.807) is 60.9 Å². The fraction of sp³-hybridized carbons (Fsp3) is 0.259. The minimum absolute atomic E-state index is 0.0114. The van der Waals surface area contributed by atoms with E-state index in [9.17, 15) is 18.0 Å². The normalized spacial score (nSPS) is 13.8. The van der Waals surface area contributed by atoms with E-state index in [1.165, 1.54) is 12.1 Å². The summed E-state index contributed by atoms with van der Waals surface area (Å²) in [5, 5.41) is 12.3. The Morgan fingerprint density at radius 2 is 1.46 bits per heavy atom. The largest absolute Gasteiger partial charge is 0.343 e. The molecule has 0 saturated carbocycles. The van der Waals surface area contributed by atoms with Crippen molar-refractivity contribution in [3.8, 4) is 11.1 Å². The van der Waals surface area contributed by atoms with Crippen molar-refractivity contribution in [1.82, 2.24) is 15.5 Å². The third-order valence-corrected chi connectivity index (χ3v) is 7.88. The predicted octanol–water partition coefficient (Wildman–Crippen LogP) is 3.93. The van der Waals surface area contributed by atoms with E-state index in [4.69, 9.17) is 16.8 Å². The zero-order chi connectivity index (χ0) is 27.0. The summed E-state index contributed by atoms with van der Waals surface area (Å²) in [6.45, 7) is 3.59. The monoisotopic (exact) mass is 543 g/mol. The zero-order valence-electron chi connectivity index (χ0n) is 20.5. The number of sulfonamides is 1. The van der Waals surface area contributed by atoms with Crippen LogP contribution in [0.3, 0.4) is 0 Å². The van der Waals surface area contributed by atoms with Gasteiger partial charge in [0.2, 0.25) is 15.9 Å². The Morgan fingerprint density at radius 1 is 0.892 bits per heavy atom. The van der Waals surface area contributed by atoms with Crippen LogP contribution >= 0.6 is 11.6 Å². The number of hydrogen-bond donors (Lipinski definition) is 4. The van der Waals surface area contributed by atoms with E-state index in [-0.39, 0.29) is 17.2 Å². The van der Waals surface area contributed by atoms with E-state index >= 15 is 0 Å². The van der Waals surface area contributed by atoms with Gasteiger partial charge in [-0.2, -0.15) is 4.72 Å². The molecule has 0 aliphatic carbocycles. The molecule has 196 valence electrons. The Morgan fingerprint density at radius 3 is 2.00 bits per heavy atom. The first-order valence-corrected chi connectivity index (χ1v) is 13.7. The number of hydrogen-bond acceptors (Lipinski definition) is 5. The Bertz CT molecular complexity index is 1300. The second-order valence-electron chi connectivity index (χ2n) is 8.74. The minimum atomic E-state index is -4.10. The predicted molar refractivity (Wildman–Crippen MR) is 142 cm³/mol. The summed E-state index contributed by atoms with van der Waals surface area (Å²) < 4.78 is 29.0. The van der Waals surface area contributed by atoms with Crippen LogP contribution < -0.4 is 15.5 Å². The maximum atomic E-state index is 13.3. The molecule has 0 aliphatic rings. The fourth-order valence-electron chi connectivity index (χ4n) is 3.79. The molecule has 0 unspecified atom stereocenters. The first-order chi connectivity index (χ1) is 17.6. The molecule has 2 amide bonds. The SMILES string of the molecule is CC[C@H](C)[C@@H](NC(=O)[C@@H](Cc1ccccc1)NS(=O)(=O)c1ccc(-c2ccc(Cl)cc2)cc1)C(=O)NO. The van der Waals surface area contributed by atoms with Crippen LogP contribution in [0.15, 0.2) is 83.8 Å². The fourth-order valence-corrected chi connectivity index (χ4v) is 5.11. The quantitative estimate of drug-likeness (QED) is 0.215. The lowest BCUT2D eigenvalue weighted by Gasteiger charge is -2.25. The van der Waals surface area contributed by atoms with Gasteiger partial charge in [-0.3, -0.25) is 14.8 Å². The maximum absolute atomic E-state index is 13.3. The van der Waals surface area contributed by atoms with Crippen LogP contribution in [0.5, 0.6) is 0 Å². The van der Waals surface area contributed by atoms with Gasteiger partial charge in [0.25, 0.3) is 5.91 Å². The van der Waals surface area contributed by atoms with Gasteiger partial charge >= 0.3 is 0 Å². The molecule has 3 aromatic rings. The molecule has 0 aliphatic heterocycles. The molecule has 37 heavy (non-hydrogen) atoms. The van der Waals surface area contributed by atoms with Gasteiger partial charge in [-0.15, -0.1) is 0 Å². The molecule has 0 heterocycles. The highest BCUT2D eigenvalue weighted by molar-refractivity contribution is 7.89. The highest BCUT2D eigenvalue weighted by atomic mass is 35.5. The maximum Gasteiger partial charge on any atom is 0.266 e. The smallest absolute Gasteiger partial charge is 0.266 e. The van der Waals surface area contributed by atoms with Gasteiger partial charge in [-0.05, 0) is 53.3 Å². The van der Waals surface area contributed by atoms with Gasteiger partial charge in [0, 0.05) is 5.02 Å². The molecule has 0 fully saturated rings. The Hall–Kier alpha value is -3.24. The third-order valence-electron chi connectivity index (χ3n) is 6.14. The molecule has 0 aromatic heterocycles. The summed E-state index contributed by atoms with van der Waals surface area (Å²) >= 11 is 5.94. The number of benzene rings is 3. The van der Waals surface area contributed by atoms with Crippen LogP contribution in [0.1, 0.15) is 25.8 Å². The van der Waals surface area contributed by atoms with Crippen LogP contribution in [0.25, 0.3) is 11.1 Å². The average molecular weight is 544 g/mol. The van der Waals surface area contributed by atoms with E-state index in [0.29, 0.717) is 11.4 Å². The molecule has 10 heteroatoms. The lowest BCUT2D eigenvalue weighted by atomic mass is 9.97. The van der Waals surface area contributed by atoms with Crippen LogP contribution in [0, 0.1) is 5.92 Å². The van der Waals surface area contributed by atoms with Crippen LogP contribution in [-0.2, 0) is 26.0 Å². The number of hydroxylamine groups is 1. The Balaban J connectivity index is 1.86. The first-order valence-electron chi connectivity index (χ1n) is 11.8. The van der Waals surface area contributed by atoms with Gasteiger partial charge in [-0.1, -0.05) is 86.5 Å². The molecular weight excluding hydrogens is 514 g/mol. The molecule has 0 saturated heterocycles. The topological polar surface area (TPSA) is 125 Å². The van der Waals surface area contributed by atoms with E-state index in [1.807, 2.05) is 25.1 Å². The molecule has 3 rings (SSSR count). The van der Waals surface area contributed by atoms with Crippen molar-refractivity contribution in [3.63, 3.8) is 0 Å². The van der Waals surface area contributed by atoms with Crippen molar-refractivity contribution in [1.29, 1.82) is 0 Å². The van der Waals surface area contributed by atoms with Crippen LogP contribution in [0.4, 0.5) is 0 Å². The lowest BCUT2D eigenvalue weighted by Crippen LogP contribution is -2.56. The minimum Gasteiger partial charge on any atom is -0.343 e. The van der Waals surface area contributed by atoms with Gasteiger partial charge in [0.1, 0.15) is 12.1 Å². The molecule has 8 nitrogen and oxygen atoms in total. The van der Waals surface area contributed by atoms with Gasteiger partial charge in [-0.25, -0.2) is 13.9 Å². The molecule has 3 aromatic carbocycles. The van der Waals surface area contributed by atoms with Crippen molar-refractivity contribution in [2.75, 3.05) is 0 Å². The third kappa shape index (κ3) is 7.62. The Kier molecular flexibility index (Phi) is 9.82. The summed E-state index contributed by atoms with van der Waals surface area (Å²) in [6, 6.07) is 20.1. The van der Waals surface area contributed by atoms with Crippen LogP contribution in [-0.4, -0.2) is 37.5 Å². The van der Waals surface area contributed by atoms with Crippen molar-refractivity contribution < 1.29 is 23.2 Å². The highest BCUT2D eigenvalue weighted by Crippen LogP contribution is 2.23. The van der Waals surface area contributed by atoms with Gasteiger partial charge < -0.3 is 5.32 Å². The van der Waals surface area contributed by atoms with Gasteiger partial charge in [0.15, 0.2) is 0 Å². The number of carbonyl (C=O) groups is 2. The molecular formula is C27H30ClN3O5S. The number of nitrogens with one attached hydrogen (secondary N) is 3. The zero-order valence-corrected chi connectivity index (χ0v) is 22.1. The van der Waals surface area contributed by atoms with E-state index in [0.717, 1.165) is 16.7 Å². The van der Waals surface area contributed by atoms with Crippen molar-refractivity contribution in [2.24, 2.45) is 5.92 Å². The van der Waals surface area contributed by atoms with Crippen molar-refractivity contribution >= 4 is 33.4 Å². The first kappa shape index (κ1) is 28.3. The molecule has 0 spiro atoms.